The van der Waals surface area contributed by atoms with Crippen LogP contribution in [0.25, 0.3) is 0 Å². The molecule has 2 aromatic carbocycles. The maximum atomic E-state index is 9.85. The molecule has 0 unspecified atom stereocenters. The molecule has 0 spiro atoms. The average molecular weight is 281 g/mol. The van der Waals surface area contributed by atoms with Crippen molar-refractivity contribution < 1.29 is 5.11 Å². The Hall–Kier alpha value is -2.09. The second kappa shape index (κ2) is 6.57. The minimum absolute atomic E-state index is 0.259. The molecule has 110 valence electrons. The van der Waals surface area contributed by atoms with E-state index in [1.807, 2.05) is 18.2 Å². The maximum absolute atomic E-state index is 9.85. The van der Waals surface area contributed by atoms with Gasteiger partial charge in [0.1, 0.15) is 5.75 Å². The Morgan fingerprint density at radius 2 is 1.43 bits per heavy atom. The van der Waals surface area contributed by atoms with Crippen LogP contribution in [0.5, 0.6) is 5.75 Å². The zero-order valence-electron chi connectivity index (χ0n) is 13.2. The first-order valence-corrected chi connectivity index (χ1v) is 7.45. The third kappa shape index (κ3) is 3.52. The van der Waals surface area contributed by atoms with Gasteiger partial charge in [-0.25, -0.2) is 0 Å². The van der Waals surface area contributed by atoms with E-state index in [9.17, 15) is 5.11 Å². The first-order valence-electron chi connectivity index (χ1n) is 7.45. The van der Waals surface area contributed by atoms with E-state index in [0.717, 1.165) is 11.3 Å². The van der Waals surface area contributed by atoms with Crippen molar-refractivity contribution in [2.24, 2.45) is 4.99 Å². The van der Waals surface area contributed by atoms with Gasteiger partial charge in [0.25, 0.3) is 0 Å². The molecule has 0 aliphatic heterocycles. The molecule has 0 heterocycles. The molecule has 2 rings (SSSR count). The van der Waals surface area contributed by atoms with Crippen LogP contribution in [0.2, 0.25) is 0 Å². The predicted molar refractivity (Wildman–Crippen MR) is 90.0 cm³/mol. The summed E-state index contributed by atoms with van der Waals surface area (Å²) in [4.78, 5) is 4.69. The summed E-state index contributed by atoms with van der Waals surface area (Å²) in [6.45, 7) is 8.72. The SMILES string of the molecule is CC(C)c1cccc(C(C)C)c1N=Cc1ccccc1O. The summed E-state index contributed by atoms with van der Waals surface area (Å²) >= 11 is 0. The van der Waals surface area contributed by atoms with E-state index in [4.69, 9.17) is 4.99 Å². The third-order valence-corrected chi connectivity index (χ3v) is 3.61. The van der Waals surface area contributed by atoms with E-state index in [0.29, 0.717) is 11.8 Å². The van der Waals surface area contributed by atoms with Gasteiger partial charge in [0.2, 0.25) is 0 Å². The minimum atomic E-state index is 0.259. The summed E-state index contributed by atoms with van der Waals surface area (Å²) < 4.78 is 0. The van der Waals surface area contributed by atoms with Gasteiger partial charge >= 0.3 is 0 Å². The Morgan fingerprint density at radius 1 is 0.857 bits per heavy atom. The molecule has 0 aliphatic carbocycles. The molecule has 1 N–H and O–H groups in total. The Balaban J connectivity index is 2.49. The highest BCUT2D eigenvalue weighted by Gasteiger charge is 2.12. The first kappa shape index (κ1) is 15.3. The number of aliphatic imine (C=N–C) groups is 1. The van der Waals surface area contributed by atoms with Crippen LogP contribution >= 0.6 is 0 Å². The molecule has 0 radical (unpaired) electrons. The molecule has 0 amide bonds. The lowest BCUT2D eigenvalue weighted by Crippen LogP contribution is -1.95. The van der Waals surface area contributed by atoms with E-state index in [-0.39, 0.29) is 5.75 Å². The molecule has 0 aliphatic rings. The molecule has 2 heteroatoms. The summed E-state index contributed by atoms with van der Waals surface area (Å²) in [6.07, 6.45) is 1.75. The second-order valence-corrected chi connectivity index (χ2v) is 5.91. The number of benzene rings is 2. The lowest BCUT2D eigenvalue weighted by molar-refractivity contribution is 0.474. The highest BCUT2D eigenvalue weighted by atomic mass is 16.3. The summed E-state index contributed by atoms with van der Waals surface area (Å²) in [5.74, 6) is 1.09. The normalized spacial score (nSPS) is 11.7. The molecular weight excluding hydrogens is 258 g/mol. The monoisotopic (exact) mass is 281 g/mol. The quantitative estimate of drug-likeness (QED) is 0.749. The van der Waals surface area contributed by atoms with Crippen molar-refractivity contribution in [2.75, 3.05) is 0 Å². The Kier molecular flexibility index (Phi) is 4.79. The van der Waals surface area contributed by atoms with Crippen LogP contribution in [0.3, 0.4) is 0 Å². The highest BCUT2D eigenvalue weighted by molar-refractivity contribution is 5.86. The summed E-state index contributed by atoms with van der Waals surface area (Å²) in [5.41, 5.74) is 4.26. The van der Waals surface area contributed by atoms with Crippen molar-refractivity contribution in [3.63, 3.8) is 0 Å². The topological polar surface area (TPSA) is 32.6 Å². The van der Waals surface area contributed by atoms with Crippen molar-refractivity contribution in [1.29, 1.82) is 0 Å². The fourth-order valence-corrected chi connectivity index (χ4v) is 2.39. The van der Waals surface area contributed by atoms with Crippen LogP contribution in [0.15, 0.2) is 47.5 Å². The van der Waals surface area contributed by atoms with Crippen LogP contribution in [0.1, 0.15) is 56.2 Å². The smallest absolute Gasteiger partial charge is 0.124 e. The van der Waals surface area contributed by atoms with Gasteiger partial charge < -0.3 is 5.11 Å². The van der Waals surface area contributed by atoms with Gasteiger partial charge in [-0.05, 0) is 35.1 Å². The minimum Gasteiger partial charge on any atom is -0.507 e. The fraction of sp³-hybridized carbons (Fsp3) is 0.316. The van der Waals surface area contributed by atoms with E-state index < -0.39 is 0 Å². The van der Waals surface area contributed by atoms with Crippen LogP contribution in [0, 0.1) is 0 Å². The molecule has 21 heavy (non-hydrogen) atoms. The Labute approximate surface area is 127 Å². The van der Waals surface area contributed by atoms with Crippen LogP contribution in [0.4, 0.5) is 5.69 Å². The van der Waals surface area contributed by atoms with Gasteiger partial charge in [-0.3, -0.25) is 4.99 Å². The van der Waals surface area contributed by atoms with Gasteiger partial charge in [-0.15, -0.1) is 0 Å². The number of phenols is 1. The first-order chi connectivity index (χ1) is 10.0. The van der Waals surface area contributed by atoms with Crippen molar-refractivity contribution in [3.05, 3.63) is 59.2 Å². The Morgan fingerprint density at radius 3 is 1.95 bits per heavy atom. The number of aromatic hydroxyl groups is 1. The standard InChI is InChI=1S/C19H23NO/c1-13(2)16-9-7-10-17(14(3)4)19(16)20-12-15-8-5-6-11-18(15)21/h5-14,21H,1-4H3. The van der Waals surface area contributed by atoms with Crippen molar-refractivity contribution in [3.8, 4) is 5.75 Å². The summed E-state index contributed by atoms with van der Waals surface area (Å²) in [6, 6.07) is 13.6. The Bertz CT molecular complexity index is 616. The van der Waals surface area contributed by atoms with Crippen molar-refractivity contribution in [1.82, 2.24) is 0 Å². The number of phenolic OH excluding ortho intramolecular Hbond substituents is 1. The molecule has 2 nitrogen and oxygen atoms in total. The van der Waals surface area contributed by atoms with Gasteiger partial charge in [0.15, 0.2) is 0 Å². The number of hydrogen-bond acceptors (Lipinski definition) is 2. The second-order valence-electron chi connectivity index (χ2n) is 5.91. The lowest BCUT2D eigenvalue weighted by atomic mass is 9.93. The van der Waals surface area contributed by atoms with Crippen molar-refractivity contribution in [2.45, 2.75) is 39.5 Å². The third-order valence-electron chi connectivity index (χ3n) is 3.61. The fourth-order valence-electron chi connectivity index (χ4n) is 2.39. The van der Waals surface area contributed by atoms with Crippen LogP contribution in [-0.2, 0) is 0 Å². The van der Waals surface area contributed by atoms with Gasteiger partial charge in [-0.2, -0.15) is 0 Å². The molecule has 0 atom stereocenters. The number of para-hydroxylation sites is 2. The molecular formula is C19H23NO. The summed E-state index contributed by atoms with van der Waals surface area (Å²) in [7, 11) is 0. The molecule has 0 aromatic heterocycles. The lowest BCUT2D eigenvalue weighted by Gasteiger charge is -2.16. The van der Waals surface area contributed by atoms with Crippen molar-refractivity contribution >= 4 is 11.9 Å². The number of nitrogens with zero attached hydrogens (tertiary/aromatic N) is 1. The van der Waals surface area contributed by atoms with E-state index in [1.54, 1.807) is 12.3 Å². The maximum Gasteiger partial charge on any atom is 0.124 e. The molecule has 0 saturated carbocycles. The average Bonchev–Trinajstić information content (AvgIpc) is 2.45. The van der Waals surface area contributed by atoms with E-state index in [1.165, 1.54) is 11.1 Å². The van der Waals surface area contributed by atoms with Crippen LogP contribution in [-0.4, -0.2) is 11.3 Å². The highest BCUT2D eigenvalue weighted by Crippen LogP contribution is 2.34. The molecule has 2 aromatic rings. The number of rotatable bonds is 4. The van der Waals surface area contributed by atoms with Gasteiger partial charge in [0, 0.05) is 11.8 Å². The zero-order chi connectivity index (χ0) is 15.4. The predicted octanol–water partition coefficient (Wildman–Crippen LogP) is 5.39. The van der Waals surface area contributed by atoms with E-state index in [2.05, 4.69) is 45.9 Å². The van der Waals surface area contributed by atoms with E-state index >= 15 is 0 Å². The van der Waals surface area contributed by atoms with Crippen LogP contribution < -0.4 is 0 Å². The van der Waals surface area contributed by atoms with Gasteiger partial charge in [-0.1, -0.05) is 58.0 Å². The van der Waals surface area contributed by atoms with Gasteiger partial charge in [0.05, 0.1) is 5.69 Å². The molecule has 0 fully saturated rings. The summed E-state index contributed by atoms with van der Waals surface area (Å²) in [5, 5.41) is 9.85. The molecule has 0 bridgehead atoms. The number of hydrogen-bond donors (Lipinski definition) is 1. The molecule has 0 saturated heterocycles. The largest absolute Gasteiger partial charge is 0.507 e. The zero-order valence-corrected chi connectivity index (χ0v) is 13.2.